The second-order valence-corrected chi connectivity index (χ2v) is 11.6. The van der Waals surface area contributed by atoms with E-state index in [2.05, 4.69) is 26.3 Å². The van der Waals surface area contributed by atoms with Crippen LogP contribution in [-0.4, -0.2) is 56.7 Å². The monoisotopic (exact) mass is 644 g/mol. The summed E-state index contributed by atoms with van der Waals surface area (Å²) in [7, 11) is 3.24. The summed E-state index contributed by atoms with van der Waals surface area (Å²) in [6, 6.07) is 21.7. The van der Waals surface area contributed by atoms with Gasteiger partial charge in [0.15, 0.2) is 5.96 Å². The van der Waals surface area contributed by atoms with E-state index in [0.29, 0.717) is 46.9 Å². The van der Waals surface area contributed by atoms with E-state index >= 15 is 0 Å². The third kappa shape index (κ3) is 6.71. The van der Waals surface area contributed by atoms with Gasteiger partial charge in [0.05, 0.1) is 42.2 Å². The quantitative estimate of drug-likeness (QED) is 0.164. The number of rotatable bonds is 10. The third-order valence-corrected chi connectivity index (χ3v) is 8.74. The molecule has 0 bridgehead atoms. The molecule has 6 rings (SSSR count). The van der Waals surface area contributed by atoms with Crippen molar-refractivity contribution in [2.24, 2.45) is 4.99 Å². The standard InChI is InChI=1S/C34H34Cl2N6O3/c1-44-29-17-20(9-13-28(29)42-34-38-15-16-39-34)23-5-3-6-24(31(23)35)25-7-4-8-26(32(25)36)27-12-10-21(33(41-27)45-2)18-37-19-22-11-14-30(43)40-22/h3-10,12-13,17,22,37H,11,14-16,18-19H2,1-2H3,(H,40,43)(H2,38,39,42)/t22-/m0/s1. The summed E-state index contributed by atoms with van der Waals surface area (Å²) in [5, 5.41) is 14.0. The molecule has 45 heavy (non-hydrogen) atoms. The van der Waals surface area contributed by atoms with Crippen molar-refractivity contribution >= 4 is 40.8 Å². The van der Waals surface area contributed by atoms with Crippen molar-refractivity contribution in [1.82, 2.24) is 20.9 Å². The number of carbonyl (C=O) groups excluding carboxylic acids is 1. The summed E-state index contributed by atoms with van der Waals surface area (Å²) in [4.78, 5) is 20.7. The highest BCUT2D eigenvalue weighted by atomic mass is 35.5. The van der Waals surface area contributed by atoms with Gasteiger partial charge >= 0.3 is 0 Å². The number of hydrogen-bond donors (Lipinski definition) is 4. The highest BCUT2D eigenvalue weighted by Crippen LogP contribution is 2.43. The molecule has 0 saturated carbocycles. The molecule has 0 unspecified atom stereocenters. The Kier molecular flexibility index (Phi) is 9.39. The number of amides is 1. The highest BCUT2D eigenvalue weighted by molar-refractivity contribution is 6.39. The minimum Gasteiger partial charge on any atom is -0.495 e. The van der Waals surface area contributed by atoms with E-state index in [1.54, 1.807) is 14.2 Å². The van der Waals surface area contributed by atoms with E-state index < -0.39 is 0 Å². The van der Waals surface area contributed by atoms with E-state index in [1.807, 2.05) is 66.7 Å². The van der Waals surface area contributed by atoms with Crippen LogP contribution in [0.4, 0.5) is 5.69 Å². The van der Waals surface area contributed by atoms with Gasteiger partial charge in [0, 0.05) is 59.9 Å². The summed E-state index contributed by atoms with van der Waals surface area (Å²) in [6.07, 6.45) is 1.42. The number of nitrogens with one attached hydrogen (secondary N) is 4. The smallest absolute Gasteiger partial charge is 0.220 e. The molecule has 0 radical (unpaired) electrons. The van der Waals surface area contributed by atoms with Crippen LogP contribution >= 0.6 is 23.2 Å². The topological polar surface area (TPSA) is 109 Å². The zero-order chi connectivity index (χ0) is 31.3. The van der Waals surface area contributed by atoms with E-state index in [9.17, 15) is 4.79 Å². The molecule has 4 N–H and O–H groups in total. The van der Waals surface area contributed by atoms with Gasteiger partial charge in [-0.05, 0) is 30.2 Å². The molecule has 3 heterocycles. The minimum absolute atomic E-state index is 0.105. The Hall–Kier alpha value is -4.31. The SMILES string of the molecule is COc1cc(-c2cccc(-c3cccc(-c4ccc(CNC[C@@H]5CCC(=O)N5)c(OC)n4)c3Cl)c2Cl)ccc1NC1=NCCN1. The second kappa shape index (κ2) is 13.8. The Morgan fingerprint density at radius 2 is 1.69 bits per heavy atom. The van der Waals surface area contributed by atoms with Crippen LogP contribution < -0.4 is 30.7 Å². The zero-order valence-electron chi connectivity index (χ0n) is 25.0. The average Bonchev–Trinajstić information content (AvgIpc) is 3.73. The van der Waals surface area contributed by atoms with E-state index in [1.165, 1.54) is 0 Å². The maximum absolute atomic E-state index is 11.5. The molecule has 11 heteroatoms. The zero-order valence-corrected chi connectivity index (χ0v) is 26.6. The van der Waals surface area contributed by atoms with E-state index in [-0.39, 0.29) is 11.9 Å². The van der Waals surface area contributed by atoms with Crippen molar-refractivity contribution in [3.05, 3.63) is 82.3 Å². The van der Waals surface area contributed by atoms with E-state index in [0.717, 1.165) is 64.5 Å². The van der Waals surface area contributed by atoms with E-state index in [4.69, 9.17) is 37.7 Å². The molecule has 0 aliphatic carbocycles. The van der Waals surface area contributed by atoms with Gasteiger partial charge in [-0.3, -0.25) is 9.79 Å². The van der Waals surface area contributed by atoms with Gasteiger partial charge in [0.25, 0.3) is 0 Å². The van der Waals surface area contributed by atoms with Crippen molar-refractivity contribution < 1.29 is 14.3 Å². The number of halogens is 2. The maximum atomic E-state index is 11.5. The Bertz CT molecular complexity index is 1760. The first-order valence-corrected chi connectivity index (χ1v) is 15.6. The predicted molar refractivity (Wildman–Crippen MR) is 180 cm³/mol. The van der Waals surface area contributed by atoms with Gasteiger partial charge in [-0.1, -0.05) is 71.7 Å². The first-order valence-electron chi connectivity index (χ1n) is 14.8. The van der Waals surface area contributed by atoms with Crippen LogP contribution in [0.25, 0.3) is 33.5 Å². The number of methoxy groups -OCH3 is 2. The number of ether oxygens (including phenoxy) is 2. The molecule has 1 atom stereocenters. The molecular formula is C34H34Cl2N6O3. The normalized spacial score (nSPS) is 15.8. The second-order valence-electron chi connectivity index (χ2n) is 10.8. The molecule has 4 aromatic rings. The van der Waals surface area contributed by atoms with Crippen LogP contribution in [0.5, 0.6) is 11.6 Å². The van der Waals surface area contributed by atoms with Crippen LogP contribution in [-0.2, 0) is 11.3 Å². The molecule has 0 spiro atoms. The van der Waals surface area contributed by atoms with Gasteiger partial charge in [-0.25, -0.2) is 4.98 Å². The molecule has 1 amide bonds. The van der Waals surface area contributed by atoms with Gasteiger partial charge < -0.3 is 30.7 Å². The third-order valence-electron chi connectivity index (χ3n) is 7.93. The first kappa shape index (κ1) is 30.7. The Morgan fingerprint density at radius 1 is 0.933 bits per heavy atom. The number of aliphatic imine (C=N–C) groups is 1. The maximum Gasteiger partial charge on any atom is 0.220 e. The van der Waals surface area contributed by atoms with Crippen molar-refractivity contribution in [1.29, 1.82) is 0 Å². The number of hydrogen-bond acceptors (Lipinski definition) is 8. The van der Waals surface area contributed by atoms with Crippen LogP contribution in [0.1, 0.15) is 18.4 Å². The Morgan fingerprint density at radius 3 is 2.38 bits per heavy atom. The van der Waals surface area contributed by atoms with Crippen LogP contribution in [0.3, 0.4) is 0 Å². The molecule has 1 fully saturated rings. The summed E-state index contributed by atoms with van der Waals surface area (Å²) >= 11 is 14.2. The number of benzene rings is 3. The van der Waals surface area contributed by atoms with Crippen molar-refractivity contribution in [3.8, 4) is 45.1 Å². The van der Waals surface area contributed by atoms with Gasteiger partial charge in [0.1, 0.15) is 5.75 Å². The molecule has 9 nitrogen and oxygen atoms in total. The molecule has 1 saturated heterocycles. The number of aromatic nitrogens is 1. The van der Waals surface area contributed by atoms with Crippen LogP contribution in [0, 0.1) is 0 Å². The Balaban J connectivity index is 1.26. The lowest BCUT2D eigenvalue weighted by Crippen LogP contribution is -2.35. The first-order chi connectivity index (χ1) is 21.9. The Labute approximate surface area is 272 Å². The summed E-state index contributed by atoms with van der Waals surface area (Å²) in [5.41, 5.74) is 6.53. The molecule has 2 aliphatic heterocycles. The number of carbonyl (C=O) groups is 1. The predicted octanol–water partition coefficient (Wildman–Crippen LogP) is 6.15. The van der Waals surface area contributed by atoms with Gasteiger partial charge in [-0.15, -0.1) is 0 Å². The van der Waals surface area contributed by atoms with Crippen molar-refractivity contribution in [2.45, 2.75) is 25.4 Å². The average molecular weight is 646 g/mol. The largest absolute Gasteiger partial charge is 0.495 e. The lowest BCUT2D eigenvalue weighted by atomic mass is 9.96. The summed E-state index contributed by atoms with van der Waals surface area (Å²) < 4.78 is 11.3. The lowest BCUT2D eigenvalue weighted by Gasteiger charge is -2.16. The number of guanidine groups is 1. The molecular weight excluding hydrogens is 611 g/mol. The summed E-state index contributed by atoms with van der Waals surface area (Å²) in [5.74, 6) is 2.02. The molecule has 232 valence electrons. The molecule has 1 aromatic heterocycles. The van der Waals surface area contributed by atoms with Gasteiger partial charge in [-0.2, -0.15) is 0 Å². The molecule has 2 aliphatic rings. The highest BCUT2D eigenvalue weighted by Gasteiger charge is 2.21. The summed E-state index contributed by atoms with van der Waals surface area (Å²) in [6.45, 7) is 2.80. The van der Waals surface area contributed by atoms with Crippen LogP contribution in [0.15, 0.2) is 71.7 Å². The lowest BCUT2D eigenvalue weighted by molar-refractivity contribution is -0.119. The van der Waals surface area contributed by atoms with Crippen molar-refractivity contribution in [3.63, 3.8) is 0 Å². The molecule has 3 aromatic carbocycles. The fourth-order valence-electron chi connectivity index (χ4n) is 5.61. The van der Waals surface area contributed by atoms with Gasteiger partial charge in [0.2, 0.25) is 11.8 Å². The fraction of sp³-hybridized carbons (Fsp3) is 0.265. The number of pyridine rings is 1. The number of nitrogens with zero attached hydrogens (tertiary/aromatic N) is 2. The minimum atomic E-state index is 0.105. The number of anilines is 1. The van der Waals surface area contributed by atoms with Crippen LogP contribution in [0.2, 0.25) is 10.0 Å². The van der Waals surface area contributed by atoms with Crippen molar-refractivity contribution in [2.75, 3.05) is 39.2 Å². The fourth-order valence-corrected chi connectivity index (χ4v) is 6.28.